The Balaban J connectivity index is 0.000000357. The number of carbonyl (C=O) groups excluding carboxylic acids is 1. The van der Waals surface area contributed by atoms with Crippen LogP contribution in [-0.2, 0) is 9.59 Å². The minimum absolute atomic E-state index is 0.00743. The maximum atomic E-state index is 11.1. The number of fused-ring (bicyclic) bond motifs is 1. The van der Waals surface area contributed by atoms with Crippen molar-refractivity contribution in [2.75, 3.05) is 12.0 Å². The second kappa shape index (κ2) is 6.41. The maximum Gasteiger partial charge on any atom is 0.300 e. The summed E-state index contributed by atoms with van der Waals surface area (Å²) in [6, 6.07) is 9.74. The lowest BCUT2D eigenvalue weighted by molar-refractivity contribution is -0.134. The van der Waals surface area contributed by atoms with Crippen molar-refractivity contribution in [1.29, 1.82) is 0 Å². The van der Waals surface area contributed by atoms with E-state index in [1.807, 2.05) is 30.3 Å². The summed E-state index contributed by atoms with van der Waals surface area (Å²) in [5, 5.41) is 8.50. The summed E-state index contributed by atoms with van der Waals surface area (Å²) in [5.41, 5.74) is 8.84. The highest BCUT2D eigenvalue weighted by molar-refractivity contribution is 5.88. The number of carboxylic acid groups (broad SMARTS) is 1. The van der Waals surface area contributed by atoms with Crippen molar-refractivity contribution in [2.45, 2.75) is 6.92 Å². The lowest BCUT2D eigenvalue weighted by Crippen LogP contribution is -2.28. The average Bonchev–Trinajstić information content (AvgIpc) is 2.72. The van der Waals surface area contributed by atoms with E-state index in [-0.39, 0.29) is 12.5 Å². The van der Waals surface area contributed by atoms with Gasteiger partial charge in [-0.3, -0.25) is 19.7 Å². The molecule has 1 aromatic carbocycles. The molecule has 0 radical (unpaired) electrons. The number of amides is 1. The molecule has 0 aliphatic heterocycles. The van der Waals surface area contributed by atoms with Gasteiger partial charge in [0, 0.05) is 18.5 Å². The minimum atomic E-state index is -0.833. The Morgan fingerprint density at radius 3 is 2.56 bits per heavy atom. The fourth-order valence-electron chi connectivity index (χ4n) is 1.36. The van der Waals surface area contributed by atoms with Crippen LogP contribution in [0, 0.1) is 0 Å². The first-order chi connectivity index (χ1) is 8.54. The fraction of sp³-hybridized carbons (Fsp3) is 0.167. The predicted molar refractivity (Wildman–Crippen MR) is 68.7 cm³/mol. The van der Waals surface area contributed by atoms with E-state index in [0.29, 0.717) is 0 Å². The average molecular weight is 249 g/mol. The normalized spacial score (nSPS) is 9.44. The van der Waals surface area contributed by atoms with Crippen molar-refractivity contribution in [2.24, 2.45) is 5.73 Å². The number of nitrogens with two attached hydrogens (primary N) is 1. The third kappa shape index (κ3) is 3.91. The number of carbonyl (C=O) groups is 2. The molecule has 4 N–H and O–H groups in total. The van der Waals surface area contributed by atoms with Gasteiger partial charge in [-0.05, 0) is 12.1 Å². The van der Waals surface area contributed by atoms with Crippen molar-refractivity contribution in [1.82, 2.24) is 4.68 Å². The van der Waals surface area contributed by atoms with Crippen LogP contribution in [0.1, 0.15) is 6.92 Å². The van der Waals surface area contributed by atoms with E-state index < -0.39 is 5.97 Å². The van der Waals surface area contributed by atoms with Crippen molar-refractivity contribution < 1.29 is 14.7 Å². The van der Waals surface area contributed by atoms with Gasteiger partial charge in [-0.25, -0.2) is 0 Å². The summed E-state index contributed by atoms with van der Waals surface area (Å²) in [5.74, 6) is -1.04. The SMILES string of the molecule is CC(=O)O.NCC(=O)Nn1ccc2ccccc21. The van der Waals surface area contributed by atoms with Gasteiger partial charge in [0.15, 0.2) is 0 Å². The largest absolute Gasteiger partial charge is 0.481 e. The van der Waals surface area contributed by atoms with Gasteiger partial charge in [-0.15, -0.1) is 0 Å². The highest BCUT2D eigenvalue weighted by Crippen LogP contribution is 2.13. The first kappa shape index (κ1) is 13.7. The van der Waals surface area contributed by atoms with Crippen molar-refractivity contribution in [3.63, 3.8) is 0 Å². The fourth-order valence-corrected chi connectivity index (χ4v) is 1.36. The van der Waals surface area contributed by atoms with Crippen LogP contribution in [0.15, 0.2) is 36.5 Å². The maximum absolute atomic E-state index is 11.1. The van der Waals surface area contributed by atoms with E-state index in [9.17, 15) is 4.79 Å². The van der Waals surface area contributed by atoms with Gasteiger partial charge in [0.2, 0.25) is 0 Å². The third-order valence-corrected chi connectivity index (χ3v) is 2.03. The van der Waals surface area contributed by atoms with Crippen molar-refractivity contribution in [3.8, 4) is 0 Å². The molecule has 0 unspecified atom stereocenters. The van der Waals surface area contributed by atoms with Crippen LogP contribution < -0.4 is 11.2 Å². The highest BCUT2D eigenvalue weighted by Gasteiger charge is 2.01. The molecule has 0 fully saturated rings. The molecule has 96 valence electrons. The third-order valence-electron chi connectivity index (χ3n) is 2.03. The zero-order chi connectivity index (χ0) is 13.5. The molecule has 0 saturated carbocycles. The van der Waals surface area contributed by atoms with E-state index >= 15 is 0 Å². The first-order valence-corrected chi connectivity index (χ1v) is 5.30. The molecule has 1 aromatic heterocycles. The molecule has 6 heteroatoms. The van der Waals surface area contributed by atoms with E-state index in [0.717, 1.165) is 17.8 Å². The van der Waals surface area contributed by atoms with Crippen LogP contribution in [0.25, 0.3) is 10.9 Å². The Morgan fingerprint density at radius 1 is 1.33 bits per heavy atom. The van der Waals surface area contributed by atoms with Gasteiger partial charge in [0.05, 0.1) is 12.1 Å². The lowest BCUT2D eigenvalue weighted by atomic mass is 10.3. The second-order valence-electron chi connectivity index (χ2n) is 3.50. The second-order valence-corrected chi connectivity index (χ2v) is 3.50. The number of nitrogens with zero attached hydrogens (tertiary/aromatic N) is 1. The zero-order valence-electron chi connectivity index (χ0n) is 9.96. The smallest absolute Gasteiger partial charge is 0.300 e. The van der Waals surface area contributed by atoms with Crippen LogP contribution in [0.4, 0.5) is 0 Å². The van der Waals surface area contributed by atoms with Crippen molar-refractivity contribution in [3.05, 3.63) is 36.5 Å². The zero-order valence-corrected chi connectivity index (χ0v) is 9.96. The molecule has 0 saturated heterocycles. The summed E-state index contributed by atoms with van der Waals surface area (Å²) >= 11 is 0. The molecule has 6 nitrogen and oxygen atoms in total. The number of rotatable bonds is 2. The van der Waals surface area contributed by atoms with Gasteiger partial charge in [0.25, 0.3) is 11.9 Å². The van der Waals surface area contributed by atoms with Crippen molar-refractivity contribution >= 4 is 22.8 Å². The van der Waals surface area contributed by atoms with Crippen LogP contribution in [0.3, 0.4) is 0 Å². The lowest BCUT2D eigenvalue weighted by Gasteiger charge is -2.05. The first-order valence-electron chi connectivity index (χ1n) is 5.30. The molecule has 18 heavy (non-hydrogen) atoms. The molecular formula is C12H15N3O3. The molecule has 0 aliphatic carbocycles. The highest BCUT2D eigenvalue weighted by atomic mass is 16.4. The van der Waals surface area contributed by atoms with E-state index in [2.05, 4.69) is 5.43 Å². The summed E-state index contributed by atoms with van der Waals surface area (Å²) in [6.07, 6.45) is 1.80. The van der Waals surface area contributed by atoms with Crippen LogP contribution >= 0.6 is 0 Å². The van der Waals surface area contributed by atoms with Gasteiger partial charge >= 0.3 is 0 Å². The van der Waals surface area contributed by atoms with Crippen LogP contribution in [0.2, 0.25) is 0 Å². The quantitative estimate of drug-likeness (QED) is 0.732. The Labute approximate surface area is 104 Å². The molecule has 1 amide bonds. The number of benzene rings is 1. The number of hydrogen-bond donors (Lipinski definition) is 3. The number of carboxylic acids is 1. The van der Waals surface area contributed by atoms with Crippen LogP contribution in [-0.4, -0.2) is 28.2 Å². The molecule has 2 rings (SSSR count). The topological polar surface area (TPSA) is 97.3 Å². The number of nitrogens with one attached hydrogen (secondary N) is 1. The molecule has 1 heterocycles. The number of hydrogen-bond acceptors (Lipinski definition) is 3. The van der Waals surface area contributed by atoms with E-state index in [4.69, 9.17) is 15.6 Å². The van der Waals surface area contributed by atoms with E-state index in [1.165, 1.54) is 0 Å². The number of aliphatic carboxylic acids is 1. The standard InChI is InChI=1S/C10H11N3O.C2H4O2/c11-7-10(14)12-13-6-5-8-3-1-2-4-9(8)13;1-2(3)4/h1-6H,7,11H2,(H,12,14);1H3,(H,3,4). The molecular weight excluding hydrogens is 234 g/mol. The molecule has 0 atom stereocenters. The summed E-state index contributed by atoms with van der Waals surface area (Å²) in [7, 11) is 0. The van der Waals surface area contributed by atoms with Gasteiger partial charge < -0.3 is 10.8 Å². The Morgan fingerprint density at radius 2 is 1.94 bits per heavy atom. The number of aromatic nitrogens is 1. The Hall–Kier alpha value is -2.34. The van der Waals surface area contributed by atoms with E-state index in [1.54, 1.807) is 10.9 Å². The monoisotopic (exact) mass is 249 g/mol. The summed E-state index contributed by atoms with van der Waals surface area (Å²) in [4.78, 5) is 20.1. The van der Waals surface area contributed by atoms with Crippen LogP contribution in [0.5, 0.6) is 0 Å². The summed E-state index contributed by atoms with van der Waals surface area (Å²) in [6.45, 7) is 1.08. The Bertz CT molecular complexity index is 544. The van der Waals surface area contributed by atoms with Gasteiger partial charge in [-0.2, -0.15) is 0 Å². The Kier molecular flexibility index (Phi) is 4.89. The molecule has 0 bridgehead atoms. The summed E-state index contributed by atoms with van der Waals surface area (Å²) < 4.78 is 1.67. The number of para-hydroxylation sites is 1. The minimum Gasteiger partial charge on any atom is -0.481 e. The van der Waals surface area contributed by atoms with Gasteiger partial charge in [-0.1, -0.05) is 18.2 Å². The molecule has 0 spiro atoms. The van der Waals surface area contributed by atoms with Gasteiger partial charge in [0.1, 0.15) is 0 Å². The predicted octanol–water partition coefficient (Wildman–Crippen LogP) is 0.761. The molecule has 2 aromatic rings. The molecule has 0 aliphatic rings.